The number of aryl methyl sites for hydroxylation is 1. The molecular weight excluding hydrogens is 568 g/mol. The summed E-state index contributed by atoms with van der Waals surface area (Å²) in [5, 5.41) is -0.294. The van der Waals surface area contributed by atoms with Gasteiger partial charge in [-0.05, 0) is 88.3 Å². The first-order chi connectivity index (χ1) is 16.3. The highest BCUT2D eigenvalue weighted by molar-refractivity contribution is 14.1. The third-order valence-electron chi connectivity index (χ3n) is 5.18. The third kappa shape index (κ3) is 5.61. The molecule has 8 heteroatoms. The average Bonchev–Trinajstić information content (AvgIpc) is 3.07. The van der Waals surface area contributed by atoms with Gasteiger partial charge >= 0.3 is 0 Å². The van der Waals surface area contributed by atoms with Gasteiger partial charge in [0, 0.05) is 0 Å². The lowest BCUT2D eigenvalue weighted by Crippen LogP contribution is -2.27. The predicted octanol–water partition coefficient (Wildman–Crippen LogP) is 6.56. The average molecular weight is 589 g/mol. The third-order valence-corrected chi connectivity index (χ3v) is 6.89. The van der Waals surface area contributed by atoms with Crippen molar-refractivity contribution in [1.82, 2.24) is 4.90 Å². The van der Waals surface area contributed by atoms with E-state index in [1.807, 2.05) is 37.3 Å². The molecule has 0 atom stereocenters. The highest BCUT2D eigenvalue weighted by Gasteiger charge is 2.35. The summed E-state index contributed by atoms with van der Waals surface area (Å²) in [6, 6.07) is 17.5. The van der Waals surface area contributed by atoms with Gasteiger partial charge in [0.1, 0.15) is 12.4 Å². The van der Waals surface area contributed by atoms with Crippen molar-refractivity contribution in [2.24, 2.45) is 0 Å². The minimum Gasteiger partial charge on any atom is -0.493 e. The van der Waals surface area contributed by atoms with Gasteiger partial charge in [0.15, 0.2) is 11.5 Å². The summed E-state index contributed by atoms with van der Waals surface area (Å²) in [4.78, 5) is 27.0. The molecule has 0 radical (unpaired) electrons. The minimum absolute atomic E-state index is 0.235. The fourth-order valence-corrected chi connectivity index (χ4v) is 4.98. The Kier molecular flexibility index (Phi) is 7.57. The number of thioether (sulfide) groups is 1. The van der Waals surface area contributed by atoms with E-state index in [2.05, 4.69) is 22.6 Å². The van der Waals surface area contributed by atoms with Gasteiger partial charge < -0.3 is 9.47 Å². The first-order valence-electron chi connectivity index (χ1n) is 10.4. The molecule has 0 spiro atoms. The zero-order chi connectivity index (χ0) is 24.2. The zero-order valence-electron chi connectivity index (χ0n) is 18.5. The van der Waals surface area contributed by atoms with E-state index < -0.39 is 0 Å². The molecule has 3 aromatic carbocycles. The molecule has 0 unspecified atom stereocenters. The highest BCUT2D eigenvalue weighted by Crippen LogP contribution is 2.38. The maximum absolute atomic E-state index is 13.1. The highest BCUT2D eigenvalue weighted by atomic mass is 127. The molecule has 2 amide bonds. The molecule has 5 nitrogen and oxygen atoms in total. The maximum atomic E-state index is 13.1. The summed E-state index contributed by atoms with van der Waals surface area (Å²) in [6.07, 6.45) is 1.69. The number of hydrogen-bond donors (Lipinski definition) is 0. The molecule has 4 rings (SSSR count). The van der Waals surface area contributed by atoms with E-state index in [9.17, 15) is 14.0 Å². The maximum Gasteiger partial charge on any atom is 0.293 e. The Morgan fingerprint density at radius 3 is 2.38 bits per heavy atom. The number of carbonyl (C=O) groups is 2. The number of hydrogen-bond acceptors (Lipinski definition) is 5. The van der Waals surface area contributed by atoms with Crippen molar-refractivity contribution < 1.29 is 23.5 Å². The minimum atomic E-state index is -0.318. The van der Waals surface area contributed by atoms with Crippen molar-refractivity contribution in [1.29, 1.82) is 0 Å². The Morgan fingerprint density at radius 1 is 1.03 bits per heavy atom. The van der Waals surface area contributed by atoms with Gasteiger partial charge in [-0.1, -0.05) is 42.0 Å². The van der Waals surface area contributed by atoms with E-state index in [0.29, 0.717) is 16.4 Å². The molecule has 1 fully saturated rings. The summed E-state index contributed by atoms with van der Waals surface area (Å²) < 4.78 is 25.3. The molecule has 1 aliphatic heterocycles. The number of imide groups is 1. The largest absolute Gasteiger partial charge is 0.493 e. The molecular formula is C26H21FINO4S. The molecule has 1 saturated heterocycles. The lowest BCUT2D eigenvalue weighted by Gasteiger charge is -2.14. The predicted molar refractivity (Wildman–Crippen MR) is 139 cm³/mol. The number of amides is 2. The quantitative estimate of drug-likeness (QED) is 0.231. The second-order valence-electron chi connectivity index (χ2n) is 7.70. The van der Waals surface area contributed by atoms with Crippen LogP contribution in [0.3, 0.4) is 0 Å². The Morgan fingerprint density at radius 2 is 1.71 bits per heavy atom. The number of nitrogens with zero attached hydrogens (tertiary/aromatic N) is 1. The van der Waals surface area contributed by atoms with Crippen LogP contribution in [0, 0.1) is 16.3 Å². The number of halogens is 2. The summed E-state index contributed by atoms with van der Waals surface area (Å²) in [7, 11) is 1.54. The first-order valence-corrected chi connectivity index (χ1v) is 12.3. The monoisotopic (exact) mass is 589 g/mol. The molecule has 0 N–H and O–H groups in total. The summed E-state index contributed by atoms with van der Waals surface area (Å²) in [5.41, 5.74) is 3.56. The Hall–Kier alpha value is -2.85. The van der Waals surface area contributed by atoms with Crippen LogP contribution < -0.4 is 9.47 Å². The van der Waals surface area contributed by atoms with Crippen LogP contribution in [0.4, 0.5) is 9.18 Å². The van der Waals surface area contributed by atoms with Crippen molar-refractivity contribution in [2.45, 2.75) is 20.1 Å². The smallest absolute Gasteiger partial charge is 0.293 e. The number of methoxy groups -OCH3 is 1. The van der Waals surface area contributed by atoms with Crippen LogP contribution in [-0.4, -0.2) is 23.2 Å². The second kappa shape index (κ2) is 10.6. The lowest BCUT2D eigenvalue weighted by atomic mass is 10.1. The van der Waals surface area contributed by atoms with Crippen LogP contribution in [-0.2, 0) is 17.9 Å². The fraction of sp³-hybridized carbons (Fsp3) is 0.154. The molecule has 1 aliphatic rings. The van der Waals surface area contributed by atoms with E-state index in [-0.39, 0.29) is 30.1 Å². The van der Waals surface area contributed by atoms with Crippen LogP contribution in [0.25, 0.3) is 6.08 Å². The van der Waals surface area contributed by atoms with E-state index in [0.717, 1.165) is 37.6 Å². The summed E-state index contributed by atoms with van der Waals surface area (Å²) >= 11 is 3.06. The van der Waals surface area contributed by atoms with Crippen LogP contribution in [0.1, 0.15) is 22.3 Å². The van der Waals surface area contributed by atoms with Crippen molar-refractivity contribution >= 4 is 51.6 Å². The van der Waals surface area contributed by atoms with Crippen LogP contribution in [0.15, 0.2) is 65.6 Å². The van der Waals surface area contributed by atoms with Gasteiger partial charge in [-0.3, -0.25) is 14.5 Å². The van der Waals surface area contributed by atoms with Crippen LogP contribution in [0.5, 0.6) is 11.5 Å². The first kappa shape index (κ1) is 24.3. The topological polar surface area (TPSA) is 55.8 Å². The van der Waals surface area contributed by atoms with Gasteiger partial charge in [-0.2, -0.15) is 0 Å². The molecule has 1 heterocycles. The standard InChI is InChI=1S/C26H21FINO4S/c1-16-3-5-17(6-4-16)14-29-25(30)23(34-26(29)31)13-19-11-21(28)24(22(12-19)32-2)33-15-18-7-9-20(27)10-8-18/h3-13H,14-15H2,1-2H3/b23-13-. The summed E-state index contributed by atoms with van der Waals surface area (Å²) in [5.74, 6) is 0.431. The number of rotatable bonds is 7. The van der Waals surface area contributed by atoms with Crippen LogP contribution >= 0.6 is 34.4 Å². The van der Waals surface area contributed by atoms with Crippen LogP contribution in [0.2, 0.25) is 0 Å². The van der Waals surface area contributed by atoms with Crippen molar-refractivity contribution in [3.05, 3.63) is 97.2 Å². The van der Waals surface area contributed by atoms with E-state index in [1.54, 1.807) is 24.3 Å². The SMILES string of the molecule is COc1cc(/C=C2\SC(=O)N(Cc3ccc(C)cc3)C2=O)cc(I)c1OCc1ccc(F)cc1. The number of ether oxygens (including phenoxy) is 2. The normalized spacial score (nSPS) is 14.7. The van der Waals surface area contributed by atoms with Crippen molar-refractivity contribution in [3.8, 4) is 11.5 Å². The molecule has 0 saturated carbocycles. The summed E-state index contributed by atoms with van der Waals surface area (Å²) in [6.45, 7) is 2.48. The lowest BCUT2D eigenvalue weighted by molar-refractivity contribution is -0.123. The van der Waals surface area contributed by atoms with E-state index >= 15 is 0 Å². The van der Waals surface area contributed by atoms with Gasteiger partial charge in [-0.25, -0.2) is 4.39 Å². The Balaban J connectivity index is 1.52. The molecule has 0 aliphatic carbocycles. The molecule has 0 bridgehead atoms. The Bertz CT molecular complexity index is 1260. The molecule has 174 valence electrons. The van der Waals surface area contributed by atoms with Gasteiger partial charge in [0.2, 0.25) is 0 Å². The van der Waals surface area contributed by atoms with Gasteiger partial charge in [-0.15, -0.1) is 0 Å². The number of carbonyl (C=O) groups excluding carboxylic acids is 2. The second-order valence-corrected chi connectivity index (χ2v) is 9.86. The molecule has 0 aromatic heterocycles. The van der Waals surface area contributed by atoms with E-state index in [1.165, 1.54) is 24.1 Å². The zero-order valence-corrected chi connectivity index (χ0v) is 21.5. The van der Waals surface area contributed by atoms with Crippen molar-refractivity contribution in [3.63, 3.8) is 0 Å². The Labute approximate surface area is 215 Å². The van der Waals surface area contributed by atoms with E-state index in [4.69, 9.17) is 9.47 Å². The molecule has 3 aromatic rings. The fourth-order valence-electron chi connectivity index (χ4n) is 3.36. The van der Waals surface area contributed by atoms with Crippen molar-refractivity contribution in [2.75, 3.05) is 7.11 Å². The molecule has 34 heavy (non-hydrogen) atoms. The number of benzene rings is 3. The van der Waals surface area contributed by atoms with Gasteiger partial charge in [0.05, 0.1) is 22.1 Å². The van der Waals surface area contributed by atoms with Gasteiger partial charge in [0.25, 0.3) is 11.1 Å².